The molecule has 0 bridgehead atoms. The monoisotopic (exact) mass is 275 g/mol. The van der Waals surface area contributed by atoms with Crippen molar-refractivity contribution in [2.75, 3.05) is 0 Å². The molecule has 0 aliphatic carbocycles. The largest absolute Gasteiger partial charge is 0.459 e. The minimum absolute atomic E-state index is 0.242. The van der Waals surface area contributed by atoms with Crippen LogP contribution >= 0.6 is 0 Å². The van der Waals surface area contributed by atoms with E-state index < -0.39 is 0 Å². The predicted octanol–water partition coefficient (Wildman–Crippen LogP) is 3.95. The minimum Gasteiger partial charge on any atom is -0.459 e. The molecule has 4 rings (SSSR count). The highest BCUT2D eigenvalue weighted by molar-refractivity contribution is 5.95. The number of aromatic nitrogens is 2. The third kappa shape index (κ3) is 1.74. The first-order chi connectivity index (χ1) is 10.4. The number of nitrogens with one attached hydrogen (secondary N) is 1. The summed E-state index contributed by atoms with van der Waals surface area (Å²) in [5, 5.41) is 10.3. The number of benzene rings is 1. The molecule has 0 atom stereocenters. The highest BCUT2D eigenvalue weighted by atomic mass is 16.4. The number of rotatable bonds is 2. The van der Waals surface area contributed by atoms with Gasteiger partial charge in [0, 0.05) is 22.7 Å². The van der Waals surface area contributed by atoms with E-state index in [1.807, 2.05) is 30.5 Å². The zero-order valence-electron chi connectivity index (χ0n) is 10.8. The molecule has 0 aliphatic rings. The van der Waals surface area contributed by atoms with Crippen LogP contribution in [-0.4, -0.2) is 9.97 Å². The van der Waals surface area contributed by atoms with Gasteiger partial charge in [-0.1, -0.05) is 18.2 Å². The van der Waals surface area contributed by atoms with Crippen molar-refractivity contribution in [1.29, 1.82) is 5.26 Å². The zero-order valence-corrected chi connectivity index (χ0v) is 10.8. The van der Waals surface area contributed by atoms with Gasteiger partial charge in [-0.15, -0.1) is 0 Å². The second-order valence-electron chi connectivity index (χ2n) is 4.53. The van der Waals surface area contributed by atoms with Crippen molar-refractivity contribution in [3.8, 4) is 29.0 Å². The first-order valence-electron chi connectivity index (χ1n) is 6.38. The summed E-state index contributed by atoms with van der Waals surface area (Å²) in [4.78, 5) is 7.36. The lowest BCUT2D eigenvalue weighted by Gasteiger charge is -1.94. The topological polar surface area (TPSA) is 78.8 Å². The Balaban J connectivity index is 1.94. The summed E-state index contributed by atoms with van der Waals surface area (Å²) in [6, 6.07) is 13.4. The Morgan fingerprint density at radius 2 is 2.05 bits per heavy atom. The molecule has 5 heteroatoms. The molecule has 0 fully saturated rings. The van der Waals surface area contributed by atoms with E-state index in [9.17, 15) is 5.26 Å². The first kappa shape index (κ1) is 11.6. The average molecular weight is 275 g/mol. The van der Waals surface area contributed by atoms with Crippen LogP contribution in [0.3, 0.4) is 0 Å². The van der Waals surface area contributed by atoms with Gasteiger partial charge < -0.3 is 13.8 Å². The van der Waals surface area contributed by atoms with Gasteiger partial charge in [0.2, 0.25) is 0 Å². The van der Waals surface area contributed by atoms with E-state index in [1.54, 1.807) is 12.1 Å². The lowest BCUT2D eigenvalue weighted by molar-refractivity contribution is 0.524. The molecule has 21 heavy (non-hydrogen) atoms. The minimum atomic E-state index is 0.242. The van der Waals surface area contributed by atoms with Crippen LogP contribution in [0.2, 0.25) is 0 Å². The standard InChI is InChI=1S/C16H9N3O2/c17-8-13-15(21-16(19-13)14-6-3-7-20-14)11-9-18-12-5-2-1-4-10(11)12/h1-7,9,18H. The van der Waals surface area contributed by atoms with Gasteiger partial charge in [-0.05, 0) is 18.2 Å². The van der Waals surface area contributed by atoms with Gasteiger partial charge in [-0.2, -0.15) is 10.2 Å². The Hall–Kier alpha value is -3.26. The van der Waals surface area contributed by atoms with E-state index in [1.165, 1.54) is 6.26 Å². The molecule has 0 radical (unpaired) electrons. The molecule has 5 nitrogen and oxygen atoms in total. The van der Waals surface area contributed by atoms with Crippen molar-refractivity contribution in [2.24, 2.45) is 0 Å². The number of fused-ring (bicyclic) bond motifs is 1. The fourth-order valence-corrected chi connectivity index (χ4v) is 2.34. The van der Waals surface area contributed by atoms with Gasteiger partial charge in [0.05, 0.1) is 6.26 Å². The second kappa shape index (κ2) is 4.39. The van der Waals surface area contributed by atoms with Crippen LogP contribution < -0.4 is 0 Å². The Bertz CT molecular complexity index is 955. The van der Waals surface area contributed by atoms with Crippen LogP contribution in [0.4, 0.5) is 0 Å². The third-order valence-corrected chi connectivity index (χ3v) is 3.30. The van der Waals surface area contributed by atoms with E-state index >= 15 is 0 Å². The fraction of sp³-hybridized carbons (Fsp3) is 0. The summed E-state index contributed by atoms with van der Waals surface area (Å²) in [6.07, 6.45) is 3.36. The summed E-state index contributed by atoms with van der Waals surface area (Å²) in [5.41, 5.74) is 2.03. The predicted molar refractivity (Wildman–Crippen MR) is 76.2 cm³/mol. The number of hydrogen-bond donors (Lipinski definition) is 1. The maximum atomic E-state index is 9.29. The number of hydrogen-bond acceptors (Lipinski definition) is 4. The third-order valence-electron chi connectivity index (χ3n) is 3.30. The lowest BCUT2D eigenvalue weighted by atomic mass is 10.1. The highest BCUT2D eigenvalue weighted by Gasteiger charge is 2.20. The van der Waals surface area contributed by atoms with Crippen LogP contribution in [0, 0.1) is 11.3 Å². The Kier molecular flexibility index (Phi) is 2.42. The molecule has 0 unspecified atom stereocenters. The van der Waals surface area contributed by atoms with E-state index in [2.05, 4.69) is 16.0 Å². The number of nitrogens with zero attached hydrogens (tertiary/aromatic N) is 2. The van der Waals surface area contributed by atoms with Crippen molar-refractivity contribution in [3.63, 3.8) is 0 Å². The second-order valence-corrected chi connectivity index (χ2v) is 4.53. The molecular formula is C16H9N3O2. The Morgan fingerprint density at radius 3 is 2.86 bits per heavy atom. The summed E-state index contributed by atoms with van der Waals surface area (Å²) in [6.45, 7) is 0. The molecule has 100 valence electrons. The van der Waals surface area contributed by atoms with Gasteiger partial charge in [0.15, 0.2) is 17.2 Å². The van der Waals surface area contributed by atoms with Crippen molar-refractivity contribution < 1.29 is 8.83 Å². The molecule has 3 heterocycles. The van der Waals surface area contributed by atoms with E-state index in [4.69, 9.17) is 8.83 Å². The van der Waals surface area contributed by atoms with Gasteiger partial charge >= 0.3 is 0 Å². The molecule has 0 saturated heterocycles. The number of aromatic amines is 1. The van der Waals surface area contributed by atoms with Gasteiger partial charge in [-0.3, -0.25) is 0 Å². The van der Waals surface area contributed by atoms with E-state index in [0.717, 1.165) is 16.5 Å². The van der Waals surface area contributed by atoms with Crippen molar-refractivity contribution in [2.45, 2.75) is 0 Å². The maximum Gasteiger partial charge on any atom is 0.264 e. The summed E-state index contributed by atoms with van der Waals surface area (Å²) in [5.74, 6) is 1.25. The molecule has 0 aliphatic heterocycles. The summed E-state index contributed by atoms with van der Waals surface area (Å²) < 4.78 is 11.0. The molecule has 3 aromatic heterocycles. The molecule has 0 amide bonds. The summed E-state index contributed by atoms with van der Waals surface area (Å²) >= 11 is 0. The van der Waals surface area contributed by atoms with Gasteiger partial charge in [-0.25, -0.2) is 0 Å². The molecule has 0 saturated carbocycles. The van der Waals surface area contributed by atoms with Crippen LogP contribution in [0.15, 0.2) is 57.7 Å². The highest BCUT2D eigenvalue weighted by Crippen LogP contribution is 2.34. The SMILES string of the molecule is N#Cc1nc(-c2ccco2)oc1-c1c[nH]c2ccccc12. The number of oxazole rings is 1. The Labute approximate surface area is 119 Å². The van der Waals surface area contributed by atoms with Crippen molar-refractivity contribution >= 4 is 10.9 Å². The molecular weight excluding hydrogens is 266 g/mol. The fourth-order valence-electron chi connectivity index (χ4n) is 2.34. The van der Waals surface area contributed by atoms with Crippen molar-refractivity contribution in [3.05, 3.63) is 54.6 Å². The normalized spacial score (nSPS) is 10.8. The zero-order chi connectivity index (χ0) is 14.2. The number of nitriles is 1. The number of furan rings is 1. The van der Waals surface area contributed by atoms with Crippen LogP contribution in [0.5, 0.6) is 0 Å². The Morgan fingerprint density at radius 1 is 1.14 bits per heavy atom. The van der Waals surface area contributed by atoms with Crippen LogP contribution in [0.25, 0.3) is 33.9 Å². The van der Waals surface area contributed by atoms with Gasteiger partial charge in [0.1, 0.15) is 6.07 Å². The van der Waals surface area contributed by atoms with Gasteiger partial charge in [0.25, 0.3) is 5.89 Å². The molecule has 4 aromatic rings. The van der Waals surface area contributed by atoms with Crippen molar-refractivity contribution in [1.82, 2.24) is 9.97 Å². The molecule has 1 N–H and O–H groups in total. The van der Waals surface area contributed by atoms with Crippen LogP contribution in [-0.2, 0) is 0 Å². The van der Waals surface area contributed by atoms with E-state index in [-0.39, 0.29) is 5.69 Å². The summed E-state index contributed by atoms with van der Waals surface area (Å²) in [7, 11) is 0. The number of H-pyrrole nitrogens is 1. The quantitative estimate of drug-likeness (QED) is 0.600. The van der Waals surface area contributed by atoms with Crippen LogP contribution in [0.1, 0.15) is 5.69 Å². The first-order valence-corrected chi connectivity index (χ1v) is 6.38. The lowest BCUT2D eigenvalue weighted by Crippen LogP contribution is -1.78. The smallest absolute Gasteiger partial charge is 0.264 e. The average Bonchev–Trinajstić information content (AvgIpc) is 3.24. The number of para-hydroxylation sites is 1. The molecule has 0 spiro atoms. The molecule has 1 aromatic carbocycles. The maximum absolute atomic E-state index is 9.29. The van der Waals surface area contributed by atoms with E-state index in [0.29, 0.717) is 17.4 Å².